The molecule has 1 aromatic carbocycles. The van der Waals surface area contributed by atoms with Gasteiger partial charge in [-0.3, -0.25) is 9.59 Å². The van der Waals surface area contributed by atoms with E-state index in [2.05, 4.69) is 0 Å². The molecule has 1 fully saturated rings. The van der Waals surface area contributed by atoms with Crippen LogP contribution in [-0.2, 0) is 16.1 Å². The van der Waals surface area contributed by atoms with Crippen LogP contribution in [0.2, 0.25) is 0 Å². The minimum absolute atomic E-state index is 0.0754. The second kappa shape index (κ2) is 5.87. The van der Waals surface area contributed by atoms with Crippen molar-refractivity contribution in [2.75, 3.05) is 20.1 Å². The van der Waals surface area contributed by atoms with E-state index in [0.717, 1.165) is 5.56 Å². The summed E-state index contributed by atoms with van der Waals surface area (Å²) in [5.74, 6) is -0.0284. The smallest absolute Gasteiger partial charge is 0.227 e. The summed E-state index contributed by atoms with van der Waals surface area (Å²) in [5.41, 5.74) is 1.10. The lowest BCUT2D eigenvalue weighted by Gasteiger charge is -2.20. The maximum Gasteiger partial charge on any atom is 0.227 e. The van der Waals surface area contributed by atoms with Crippen LogP contribution in [-0.4, -0.2) is 41.8 Å². The minimum Gasteiger partial charge on any atom is -0.346 e. The average Bonchev–Trinajstić information content (AvgIpc) is 2.79. The maximum atomic E-state index is 12.1. The largest absolute Gasteiger partial charge is 0.346 e. The van der Waals surface area contributed by atoms with Gasteiger partial charge in [0.1, 0.15) is 0 Å². The molecule has 2 rings (SSSR count). The highest BCUT2D eigenvalue weighted by Gasteiger charge is 2.35. The lowest BCUT2D eigenvalue weighted by atomic mass is 10.1. The molecule has 1 aliphatic heterocycles. The summed E-state index contributed by atoms with van der Waals surface area (Å²) < 4.78 is 0. The van der Waals surface area contributed by atoms with Crippen LogP contribution in [0.4, 0.5) is 0 Å². The first-order valence-corrected chi connectivity index (χ1v) is 6.68. The second-order valence-corrected chi connectivity index (χ2v) is 5.01. The minimum atomic E-state index is -0.179. The fraction of sp³-hybridized carbons (Fsp3) is 0.467. The van der Waals surface area contributed by atoms with E-state index in [4.69, 9.17) is 0 Å². The van der Waals surface area contributed by atoms with Crippen LogP contribution in [0.3, 0.4) is 0 Å². The third kappa shape index (κ3) is 3.13. The number of nitrogens with zero attached hydrogens (tertiary/aromatic N) is 2. The van der Waals surface area contributed by atoms with Gasteiger partial charge in [0.2, 0.25) is 11.8 Å². The Morgan fingerprint density at radius 2 is 2.05 bits per heavy atom. The van der Waals surface area contributed by atoms with Gasteiger partial charge in [0, 0.05) is 33.1 Å². The number of amides is 2. The van der Waals surface area contributed by atoms with Gasteiger partial charge in [-0.1, -0.05) is 30.3 Å². The molecule has 1 unspecified atom stereocenters. The van der Waals surface area contributed by atoms with Crippen LogP contribution >= 0.6 is 0 Å². The number of hydrogen-bond donors (Lipinski definition) is 0. The standard InChI is InChI=1S/C15H20N2O2/c1-3-16(2)15(19)13-9-14(18)17(11-13)10-12-7-5-4-6-8-12/h4-8,13H,3,9-11H2,1-2H3. The van der Waals surface area contributed by atoms with Gasteiger partial charge in [-0.2, -0.15) is 0 Å². The maximum absolute atomic E-state index is 12.1. The summed E-state index contributed by atoms with van der Waals surface area (Å²) in [6, 6.07) is 9.88. The van der Waals surface area contributed by atoms with Crippen LogP contribution in [0, 0.1) is 5.92 Å². The number of rotatable bonds is 4. The van der Waals surface area contributed by atoms with Crippen molar-refractivity contribution in [1.82, 2.24) is 9.80 Å². The molecule has 1 saturated heterocycles. The monoisotopic (exact) mass is 260 g/mol. The Hall–Kier alpha value is -1.84. The van der Waals surface area contributed by atoms with Crippen molar-refractivity contribution in [2.45, 2.75) is 19.9 Å². The fourth-order valence-electron chi connectivity index (χ4n) is 2.36. The fourth-order valence-corrected chi connectivity index (χ4v) is 2.36. The van der Waals surface area contributed by atoms with E-state index < -0.39 is 0 Å². The van der Waals surface area contributed by atoms with Gasteiger partial charge >= 0.3 is 0 Å². The number of benzene rings is 1. The summed E-state index contributed by atoms with van der Waals surface area (Å²) in [6.45, 7) is 3.76. The van der Waals surface area contributed by atoms with Crippen molar-refractivity contribution < 1.29 is 9.59 Å². The molecular formula is C15H20N2O2. The van der Waals surface area contributed by atoms with E-state index in [9.17, 15) is 9.59 Å². The van der Waals surface area contributed by atoms with Crippen LogP contribution in [0.1, 0.15) is 18.9 Å². The van der Waals surface area contributed by atoms with E-state index in [1.54, 1.807) is 16.8 Å². The molecule has 19 heavy (non-hydrogen) atoms. The molecule has 4 heteroatoms. The number of hydrogen-bond acceptors (Lipinski definition) is 2. The van der Waals surface area contributed by atoms with Crippen LogP contribution < -0.4 is 0 Å². The average molecular weight is 260 g/mol. The predicted molar refractivity (Wildman–Crippen MR) is 73.3 cm³/mol. The van der Waals surface area contributed by atoms with Crippen molar-refractivity contribution >= 4 is 11.8 Å². The Kier molecular flexibility index (Phi) is 4.20. The van der Waals surface area contributed by atoms with Crippen LogP contribution in [0.25, 0.3) is 0 Å². The van der Waals surface area contributed by atoms with Gasteiger partial charge in [-0.15, -0.1) is 0 Å². The van der Waals surface area contributed by atoms with E-state index in [0.29, 0.717) is 26.1 Å². The van der Waals surface area contributed by atoms with Crippen molar-refractivity contribution in [2.24, 2.45) is 5.92 Å². The Balaban J connectivity index is 1.98. The highest BCUT2D eigenvalue weighted by Crippen LogP contribution is 2.21. The van der Waals surface area contributed by atoms with Gasteiger partial charge in [-0.05, 0) is 12.5 Å². The molecule has 4 nitrogen and oxygen atoms in total. The number of carbonyl (C=O) groups excluding carboxylic acids is 2. The van der Waals surface area contributed by atoms with Gasteiger partial charge < -0.3 is 9.80 Å². The van der Waals surface area contributed by atoms with E-state index in [-0.39, 0.29) is 17.7 Å². The first kappa shape index (κ1) is 13.6. The lowest BCUT2D eigenvalue weighted by Crippen LogP contribution is -2.34. The molecule has 1 aromatic rings. The van der Waals surface area contributed by atoms with Gasteiger partial charge in [-0.25, -0.2) is 0 Å². The second-order valence-electron chi connectivity index (χ2n) is 5.01. The highest BCUT2D eigenvalue weighted by atomic mass is 16.2. The molecule has 1 aliphatic rings. The zero-order valence-electron chi connectivity index (χ0n) is 11.5. The summed E-state index contributed by atoms with van der Waals surface area (Å²) >= 11 is 0. The topological polar surface area (TPSA) is 40.6 Å². The van der Waals surface area contributed by atoms with Crippen molar-refractivity contribution in [3.8, 4) is 0 Å². The van der Waals surface area contributed by atoms with Crippen molar-refractivity contribution in [3.05, 3.63) is 35.9 Å². The van der Waals surface area contributed by atoms with Crippen molar-refractivity contribution in [3.63, 3.8) is 0 Å². The lowest BCUT2D eigenvalue weighted by molar-refractivity contribution is -0.134. The van der Waals surface area contributed by atoms with Gasteiger partial charge in [0.25, 0.3) is 0 Å². The summed E-state index contributed by atoms with van der Waals surface area (Å²) in [4.78, 5) is 27.5. The SMILES string of the molecule is CCN(C)C(=O)C1CC(=O)N(Cc2ccccc2)C1. The molecule has 0 saturated carbocycles. The van der Waals surface area contributed by atoms with E-state index >= 15 is 0 Å². The van der Waals surface area contributed by atoms with E-state index in [1.165, 1.54) is 0 Å². The Morgan fingerprint density at radius 3 is 2.68 bits per heavy atom. The van der Waals surface area contributed by atoms with Crippen LogP contribution in [0.15, 0.2) is 30.3 Å². The molecule has 1 atom stereocenters. The molecule has 0 bridgehead atoms. The molecule has 102 valence electrons. The quantitative estimate of drug-likeness (QED) is 0.823. The number of carbonyl (C=O) groups is 2. The van der Waals surface area contributed by atoms with Gasteiger partial charge in [0.15, 0.2) is 0 Å². The Labute approximate surface area is 114 Å². The first-order valence-electron chi connectivity index (χ1n) is 6.68. The first-order chi connectivity index (χ1) is 9.11. The number of likely N-dealkylation sites (tertiary alicyclic amines) is 1. The molecule has 0 aromatic heterocycles. The molecular weight excluding hydrogens is 240 g/mol. The highest BCUT2D eigenvalue weighted by molar-refractivity contribution is 5.89. The Bertz CT molecular complexity index is 458. The van der Waals surface area contributed by atoms with E-state index in [1.807, 2.05) is 37.3 Å². The summed E-state index contributed by atoms with van der Waals surface area (Å²) in [7, 11) is 1.78. The molecule has 0 N–H and O–H groups in total. The third-order valence-electron chi connectivity index (χ3n) is 3.63. The Morgan fingerprint density at radius 1 is 1.37 bits per heavy atom. The van der Waals surface area contributed by atoms with Crippen LogP contribution in [0.5, 0.6) is 0 Å². The summed E-state index contributed by atoms with van der Waals surface area (Å²) in [6.07, 6.45) is 0.343. The normalized spacial score (nSPS) is 18.7. The zero-order chi connectivity index (χ0) is 13.8. The molecule has 2 amide bonds. The van der Waals surface area contributed by atoms with Crippen molar-refractivity contribution in [1.29, 1.82) is 0 Å². The third-order valence-corrected chi connectivity index (χ3v) is 3.63. The molecule has 1 heterocycles. The summed E-state index contributed by atoms with van der Waals surface area (Å²) in [5, 5.41) is 0. The molecule has 0 spiro atoms. The predicted octanol–water partition coefficient (Wildman–Crippen LogP) is 1.51. The molecule has 0 aliphatic carbocycles. The zero-order valence-corrected chi connectivity index (χ0v) is 11.5. The van der Waals surface area contributed by atoms with Gasteiger partial charge in [0.05, 0.1) is 5.92 Å². The molecule has 0 radical (unpaired) electrons.